The smallest absolute Gasteiger partial charge is 0.320 e. The number of ketones is 1. The van der Waals surface area contributed by atoms with Crippen LogP contribution in [0, 0.1) is 5.41 Å². The molecule has 1 aliphatic rings. The normalized spacial score (nSPS) is 19.4. The van der Waals surface area contributed by atoms with E-state index in [0.717, 1.165) is 5.56 Å². The van der Waals surface area contributed by atoms with Crippen LogP contribution < -0.4 is 0 Å². The van der Waals surface area contributed by atoms with E-state index in [1.54, 1.807) is 13.0 Å². The van der Waals surface area contributed by atoms with Crippen LogP contribution in [0.3, 0.4) is 0 Å². The van der Waals surface area contributed by atoms with Gasteiger partial charge in [-0.1, -0.05) is 62.0 Å². The van der Waals surface area contributed by atoms with Crippen molar-refractivity contribution in [2.45, 2.75) is 53.1 Å². The van der Waals surface area contributed by atoms with Crippen molar-refractivity contribution >= 4 is 17.5 Å². The van der Waals surface area contributed by atoms with Gasteiger partial charge in [-0.25, -0.2) is 0 Å². The number of benzene rings is 1. The van der Waals surface area contributed by atoms with Crippen LogP contribution in [0.15, 0.2) is 59.5 Å². The standard InChI is InChI=1S/C24H31NO5/c1-5-16-30-25-19(6-2)21-20(29-17-18-12-10-9-11-13-18)14-15-24(7-3,22(21)26)23(27)28-8-4/h5,9-13H,1,6-8,14-17H2,2-4H3. The van der Waals surface area contributed by atoms with Crippen LogP contribution in [0.2, 0.25) is 0 Å². The lowest BCUT2D eigenvalue weighted by Crippen LogP contribution is -2.45. The van der Waals surface area contributed by atoms with Gasteiger partial charge in [-0.15, -0.1) is 0 Å². The SMILES string of the molecule is C=CCON=C(CC)C1=C(OCc2ccccc2)CCC(CC)(C(=O)OCC)C1=O. The minimum absolute atomic E-state index is 0.224. The summed E-state index contributed by atoms with van der Waals surface area (Å²) in [6.45, 7) is 9.84. The van der Waals surface area contributed by atoms with Crippen molar-refractivity contribution in [1.82, 2.24) is 0 Å². The maximum absolute atomic E-state index is 13.7. The van der Waals surface area contributed by atoms with Crippen LogP contribution in [0.5, 0.6) is 0 Å². The monoisotopic (exact) mass is 413 g/mol. The predicted octanol–water partition coefficient (Wildman–Crippen LogP) is 4.75. The topological polar surface area (TPSA) is 74.2 Å². The molecule has 6 nitrogen and oxygen atoms in total. The van der Waals surface area contributed by atoms with Crippen LogP contribution >= 0.6 is 0 Å². The summed E-state index contributed by atoms with van der Waals surface area (Å²) in [5.74, 6) is -0.250. The van der Waals surface area contributed by atoms with E-state index < -0.39 is 11.4 Å². The molecule has 0 radical (unpaired) electrons. The molecule has 6 heteroatoms. The summed E-state index contributed by atoms with van der Waals surface area (Å²) in [6, 6.07) is 9.73. The van der Waals surface area contributed by atoms with Crippen molar-refractivity contribution in [2.75, 3.05) is 13.2 Å². The molecule has 0 saturated carbocycles. The van der Waals surface area contributed by atoms with Gasteiger partial charge in [0.2, 0.25) is 0 Å². The van der Waals surface area contributed by atoms with E-state index in [4.69, 9.17) is 14.3 Å². The van der Waals surface area contributed by atoms with Crippen LogP contribution in [-0.2, 0) is 30.5 Å². The number of carbonyl (C=O) groups excluding carboxylic acids is 2. The molecule has 1 atom stereocenters. The van der Waals surface area contributed by atoms with Crippen molar-refractivity contribution in [3.8, 4) is 0 Å². The van der Waals surface area contributed by atoms with Gasteiger partial charge < -0.3 is 14.3 Å². The van der Waals surface area contributed by atoms with Crippen molar-refractivity contribution < 1.29 is 23.9 Å². The maximum atomic E-state index is 13.7. The largest absolute Gasteiger partial charge is 0.492 e. The number of Topliss-reactive ketones (excluding diaryl/α,β-unsaturated/α-hetero) is 1. The first kappa shape index (κ1) is 23.4. The highest BCUT2D eigenvalue weighted by molar-refractivity contribution is 6.28. The van der Waals surface area contributed by atoms with Crippen LogP contribution in [0.4, 0.5) is 0 Å². The first-order chi connectivity index (χ1) is 14.5. The summed E-state index contributed by atoms with van der Waals surface area (Å²) in [6.07, 6.45) is 3.18. The van der Waals surface area contributed by atoms with Gasteiger partial charge >= 0.3 is 5.97 Å². The van der Waals surface area contributed by atoms with Gasteiger partial charge in [-0.2, -0.15) is 0 Å². The van der Waals surface area contributed by atoms with Gasteiger partial charge in [-0.3, -0.25) is 9.59 Å². The number of ether oxygens (including phenoxy) is 2. The predicted molar refractivity (Wildman–Crippen MR) is 116 cm³/mol. The molecule has 1 unspecified atom stereocenters. The Morgan fingerprint density at radius 1 is 1.23 bits per heavy atom. The summed E-state index contributed by atoms with van der Waals surface area (Å²) < 4.78 is 11.3. The van der Waals surface area contributed by atoms with E-state index in [2.05, 4.69) is 11.7 Å². The lowest BCUT2D eigenvalue weighted by molar-refractivity contribution is -0.160. The van der Waals surface area contributed by atoms with Gasteiger partial charge in [0.1, 0.15) is 24.4 Å². The number of carbonyl (C=O) groups is 2. The molecule has 0 aliphatic heterocycles. The Kier molecular flexibility index (Phi) is 8.84. The molecule has 0 spiro atoms. The summed E-state index contributed by atoms with van der Waals surface area (Å²) in [5.41, 5.74) is 0.567. The van der Waals surface area contributed by atoms with Crippen molar-refractivity contribution in [3.05, 3.63) is 59.9 Å². The zero-order chi connectivity index (χ0) is 22.0. The molecule has 0 bridgehead atoms. The first-order valence-electron chi connectivity index (χ1n) is 10.5. The van der Waals surface area contributed by atoms with Crippen molar-refractivity contribution in [2.24, 2.45) is 10.6 Å². The zero-order valence-electron chi connectivity index (χ0n) is 18.1. The van der Waals surface area contributed by atoms with Crippen molar-refractivity contribution in [1.29, 1.82) is 0 Å². The van der Waals surface area contributed by atoms with Crippen LogP contribution in [-0.4, -0.2) is 30.7 Å². The Bertz CT molecular complexity index is 812. The molecule has 162 valence electrons. The molecule has 1 aromatic rings. The van der Waals surface area contributed by atoms with Crippen molar-refractivity contribution in [3.63, 3.8) is 0 Å². The molecule has 0 heterocycles. The highest BCUT2D eigenvalue weighted by Gasteiger charge is 2.51. The molecule has 1 aromatic carbocycles. The third kappa shape index (κ3) is 5.17. The van der Waals surface area contributed by atoms with E-state index in [1.807, 2.05) is 44.2 Å². The third-order valence-corrected chi connectivity index (χ3v) is 5.24. The second kappa shape index (κ2) is 11.3. The fraction of sp³-hybridized carbons (Fsp3) is 0.458. The Labute approximate surface area is 178 Å². The summed E-state index contributed by atoms with van der Waals surface area (Å²) in [5, 5.41) is 4.15. The van der Waals surface area contributed by atoms with Gasteiger partial charge in [0.05, 0.1) is 17.9 Å². The van der Waals surface area contributed by atoms with Gasteiger partial charge in [-0.05, 0) is 31.7 Å². The molecule has 0 amide bonds. The molecule has 0 fully saturated rings. The minimum atomic E-state index is -1.22. The number of esters is 1. The number of hydrogen-bond donors (Lipinski definition) is 0. The zero-order valence-corrected chi connectivity index (χ0v) is 18.1. The molecule has 0 aromatic heterocycles. The Morgan fingerprint density at radius 2 is 1.97 bits per heavy atom. The lowest BCUT2D eigenvalue weighted by Gasteiger charge is -2.34. The van der Waals surface area contributed by atoms with Crippen LogP contribution in [0.1, 0.15) is 52.0 Å². The van der Waals surface area contributed by atoms with E-state index in [9.17, 15) is 9.59 Å². The number of rotatable bonds is 11. The highest BCUT2D eigenvalue weighted by atomic mass is 16.6. The Balaban J connectivity index is 2.46. The minimum Gasteiger partial charge on any atom is -0.492 e. The number of nitrogens with zero attached hydrogens (tertiary/aromatic N) is 1. The average Bonchev–Trinajstić information content (AvgIpc) is 2.77. The molecule has 2 rings (SSSR count). The highest BCUT2D eigenvalue weighted by Crippen LogP contribution is 2.41. The van der Waals surface area contributed by atoms with E-state index in [-0.39, 0.29) is 19.0 Å². The molecular weight excluding hydrogens is 382 g/mol. The van der Waals surface area contributed by atoms with E-state index in [0.29, 0.717) is 49.3 Å². The van der Waals surface area contributed by atoms with Gasteiger partial charge in [0, 0.05) is 6.42 Å². The third-order valence-electron chi connectivity index (χ3n) is 5.24. The summed E-state index contributed by atoms with van der Waals surface area (Å²) >= 11 is 0. The molecule has 1 aliphatic carbocycles. The number of oxime groups is 1. The average molecular weight is 414 g/mol. The molecule has 0 saturated heterocycles. The van der Waals surface area contributed by atoms with Crippen LogP contribution in [0.25, 0.3) is 0 Å². The van der Waals surface area contributed by atoms with Gasteiger partial charge in [0.15, 0.2) is 5.78 Å². The number of hydrogen-bond acceptors (Lipinski definition) is 6. The molecule has 30 heavy (non-hydrogen) atoms. The molecular formula is C24H31NO5. The summed E-state index contributed by atoms with van der Waals surface area (Å²) in [4.78, 5) is 31.7. The second-order valence-corrected chi connectivity index (χ2v) is 7.03. The maximum Gasteiger partial charge on any atom is 0.320 e. The quantitative estimate of drug-likeness (QED) is 0.131. The fourth-order valence-corrected chi connectivity index (χ4v) is 3.51. The Hall–Kier alpha value is -2.89. The fourth-order valence-electron chi connectivity index (χ4n) is 3.51. The van der Waals surface area contributed by atoms with Gasteiger partial charge in [0.25, 0.3) is 0 Å². The lowest BCUT2D eigenvalue weighted by atomic mass is 9.69. The first-order valence-corrected chi connectivity index (χ1v) is 10.5. The molecule has 0 N–H and O–H groups in total. The number of allylic oxidation sites excluding steroid dienone is 2. The van der Waals surface area contributed by atoms with E-state index >= 15 is 0 Å². The Morgan fingerprint density at radius 3 is 2.57 bits per heavy atom. The van der Waals surface area contributed by atoms with E-state index in [1.165, 1.54) is 0 Å². The summed E-state index contributed by atoms with van der Waals surface area (Å²) in [7, 11) is 0. The second-order valence-electron chi connectivity index (χ2n) is 7.03.